The van der Waals surface area contributed by atoms with E-state index in [0.717, 1.165) is 30.1 Å². The Morgan fingerprint density at radius 3 is 2.73 bits per heavy atom. The fraction of sp³-hybridized carbons (Fsp3) is 0.474. The Labute approximate surface area is 153 Å². The number of ether oxygens (including phenoxy) is 2. The molecule has 0 bridgehead atoms. The van der Waals surface area contributed by atoms with Gasteiger partial charge in [0, 0.05) is 39.6 Å². The summed E-state index contributed by atoms with van der Waals surface area (Å²) in [5, 5.41) is 0. The summed E-state index contributed by atoms with van der Waals surface area (Å²) in [6.07, 6.45) is 4.50. The Bertz CT molecular complexity index is 702. The van der Waals surface area contributed by atoms with Gasteiger partial charge in [-0.15, -0.1) is 0 Å². The van der Waals surface area contributed by atoms with Crippen molar-refractivity contribution in [3.8, 4) is 5.75 Å². The Hall–Kier alpha value is -2.38. The van der Waals surface area contributed by atoms with Crippen LogP contribution in [0.4, 0.5) is 0 Å². The van der Waals surface area contributed by atoms with Crippen molar-refractivity contribution in [1.82, 2.24) is 19.8 Å². The van der Waals surface area contributed by atoms with Gasteiger partial charge in [0.15, 0.2) is 0 Å². The normalized spacial score (nSPS) is 20.3. The van der Waals surface area contributed by atoms with Crippen molar-refractivity contribution in [3.63, 3.8) is 0 Å². The van der Waals surface area contributed by atoms with E-state index in [2.05, 4.69) is 14.9 Å². The van der Waals surface area contributed by atoms with E-state index in [1.54, 1.807) is 25.3 Å². The molecule has 2 heterocycles. The number of carbonyl (C=O) groups excluding carboxylic acids is 1. The molecule has 2 aromatic rings. The first kappa shape index (κ1) is 18.4. The maximum atomic E-state index is 12.7. The molecular weight excluding hydrogens is 332 g/mol. The Morgan fingerprint density at radius 1 is 1.35 bits per heavy atom. The standard InChI is InChI=1S/C19H26N4O3/c1-22(11-14-4-6-15(25-2)7-5-14)18(24)13-23-12-16(26-3)10-17(23)19-20-8-9-21-19/h4-9,16-17H,10-13H2,1-3H3,(H,20,21)/t16-,17?/m1/s1. The molecule has 0 radical (unpaired) electrons. The number of carbonyl (C=O) groups is 1. The number of hydrogen-bond donors (Lipinski definition) is 1. The number of imidazole rings is 1. The number of nitrogens with zero attached hydrogens (tertiary/aromatic N) is 3. The fourth-order valence-corrected chi connectivity index (χ4v) is 3.34. The second kappa shape index (κ2) is 8.33. The number of amides is 1. The summed E-state index contributed by atoms with van der Waals surface area (Å²) in [4.78, 5) is 24.1. The van der Waals surface area contributed by atoms with E-state index in [1.807, 2.05) is 37.5 Å². The molecule has 0 aliphatic carbocycles. The quantitative estimate of drug-likeness (QED) is 0.818. The molecular formula is C19H26N4O3. The van der Waals surface area contributed by atoms with E-state index in [9.17, 15) is 4.79 Å². The van der Waals surface area contributed by atoms with Gasteiger partial charge in [-0.3, -0.25) is 9.69 Å². The molecule has 1 aliphatic rings. The lowest BCUT2D eigenvalue weighted by Crippen LogP contribution is -2.38. The van der Waals surface area contributed by atoms with Gasteiger partial charge >= 0.3 is 0 Å². The topological polar surface area (TPSA) is 70.7 Å². The van der Waals surface area contributed by atoms with Gasteiger partial charge in [0.25, 0.3) is 0 Å². The molecule has 2 atom stereocenters. The van der Waals surface area contributed by atoms with E-state index in [1.165, 1.54) is 0 Å². The number of methoxy groups -OCH3 is 2. The molecule has 1 N–H and O–H groups in total. The van der Waals surface area contributed by atoms with E-state index in [0.29, 0.717) is 13.1 Å². The third kappa shape index (κ3) is 4.23. The predicted octanol–water partition coefficient (Wildman–Crippen LogP) is 1.84. The number of likely N-dealkylation sites (tertiary alicyclic amines) is 1. The predicted molar refractivity (Wildman–Crippen MR) is 97.8 cm³/mol. The number of rotatable bonds is 7. The van der Waals surface area contributed by atoms with Gasteiger partial charge < -0.3 is 19.4 Å². The Kier molecular flexibility index (Phi) is 5.90. The summed E-state index contributed by atoms with van der Waals surface area (Å²) < 4.78 is 10.7. The van der Waals surface area contributed by atoms with Crippen LogP contribution in [-0.2, 0) is 16.1 Å². The molecule has 1 amide bonds. The van der Waals surface area contributed by atoms with Crippen molar-refractivity contribution in [3.05, 3.63) is 48.0 Å². The van der Waals surface area contributed by atoms with Crippen LogP contribution in [0.2, 0.25) is 0 Å². The molecule has 1 aromatic heterocycles. The van der Waals surface area contributed by atoms with Crippen molar-refractivity contribution in [2.45, 2.75) is 25.1 Å². The highest BCUT2D eigenvalue weighted by Gasteiger charge is 2.36. The first-order chi connectivity index (χ1) is 12.6. The lowest BCUT2D eigenvalue weighted by Gasteiger charge is -2.25. The van der Waals surface area contributed by atoms with Gasteiger partial charge in [-0.25, -0.2) is 4.98 Å². The molecule has 1 fully saturated rings. The first-order valence-electron chi connectivity index (χ1n) is 8.73. The molecule has 0 saturated carbocycles. The number of aromatic nitrogens is 2. The summed E-state index contributed by atoms with van der Waals surface area (Å²) in [5.41, 5.74) is 1.07. The van der Waals surface area contributed by atoms with Crippen LogP contribution in [0.15, 0.2) is 36.7 Å². The Balaban J connectivity index is 1.61. The SMILES string of the molecule is COc1ccc(CN(C)C(=O)CN2C[C@H](OC)CC2c2ncc[nH]2)cc1. The van der Waals surface area contributed by atoms with Crippen molar-refractivity contribution >= 4 is 5.91 Å². The molecule has 3 rings (SSSR count). The van der Waals surface area contributed by atoms with E-state index in [-0.39, 0.29) is 18.1 Å². The number of H-pyrrole nitrogens is 1. The van der Waals surface area contributed by atoms with Gasteiger partial charge in [-0.05, 0) is 24.1 Å². The van der Waals surface area contributed by atoms with E-state index in [4.69, 9.17) is 9.47 Å². The minimum atomic E-state index is 0.0771. The van der Waals surface area contributed by atoms with Crippen LogP contribution in [0.25, 0.3) is 0 Å². The summed E-state index contributed by atoms with van der Waals surface area (Å²) >= 11 is 0. The van der Waals surface area contributed by atoms with E-state index >= 15 is 0 Å². The zero-order valence-corrected chi connectivity index (χ0v) is 15.5. The number of aromatic amines is 1. The third-order valence-corrected chi connectivity index (χ3v) is 4.88. The first-order valence-corrected chi connectivity index (χ1v) is 8.73. The van der Waals surface area contributed by atoms with Crippen LogP contribution in [-0.4, -0.2) is 66.1 Å². The molecule has 1 aliphatic heterocycles. The van der Waals surface area contributed by atoms with Crippen molar-refractivity contribution < 1.29 is 14.3 Å². The third-order valence-electron chi connectivity index (χ3n) is 4.88. The summed E-state index contributed by atoms with van der Waals surface area (Å²) in [5.74, 6) is 1.77. The Morgan fingerprint density at radius 2 is 2.12 bits per heavy atom. The zero-order chi connectivity index (χ0) is 18.5. The average Bonchev–Trinajstić information content (AvgIpc) is 3.31. The molecule has 140 valence electrons. The van der Waals surface area contributed by atoms with E-state index < -0.39 is 0 Å². The van der Waals surface area contributed by atoms with Crippen LogP contribution in [0.3, 0.4) is 0 Å². The maximum Gasteiger partial charge on any atom is 0.236 e. The lowest BCUT2D eigenvalue weighted by molar-refractivity contribution is -0.132. The minimum absolute atomic E-state index is 0.0771. The van der Waals surface area contributed by atoms with Crippen LogP contribution >= 0.6 is 0 Å². The second-order valence-electron chi connectivity index (χ2n) is 6.61. The van der Waals surface area contributed by atoms with Crippen LogP contribution in [0.5, 0.6) is 5.75 Å². The van der Waals surface area contributed by atoms with Gasteiger partial charge in [0.05, 0.1) is 25.8 Å². The number of nitrogens with one attached hydrogen (secondary N) is 1. The van der Waals surface area contributed by atoms with Crippen LogP contribution in [0, 0.1) is 0 Å². The number of likely N-dealkylation sites (N-methyl/N-ethyl adjacent to an activating group) is 1. The molecule has 1 saturated heterocycles. The second-order valence-corrected chi connectivity index (χ2v) is 6.61. The number of hydrogen-bond acceptors (Lipinski definition) is 5. The molecule has 1 aromatic carbocycles. The van der Waals surface area contributed by atoms with Crippen molar-refractivity contribution in [2.24, 2.45) is 0 Å². The molecule has 1 unspecified atom stereocenters. The molecule has 0 spiro atoms. The molecule has 7 nitrogen and oxygen atoms in total. The number of benzene rings is 1. The zero-order valence-electron chi connectivity index (χ0n) is 15.5. The summed E-state index contributed by atoms with van der Waals surface area (Å²) in [6.45, 7) is 1.64. The highest BCUT2D eigenvalue weighted by Crippen LogP contribution is 2.31. The minimum Gasteiger partial charge on any atom is -0.497 e. The fourth-order valence-electron chi connectivity index (χ4n) is 3.34. The maximum absolute atomic E-state index is 12.7. The van der Waals surface area contributed by atoms with Gasteiger partial charge in [-0.1, -0.05) is 12.1 Å². The largest absolute Gasteiger partial charge is 0.497 e. The van der Waals surface area contributed by atoms with Crippen LogP contribution < -0.4 is 4.74 Å². The van der Waals surface area contributed by atoms with Crippen molar-refractivity contribution in [2.75, 3.05) is 34.4 Å². The molecule has 26 heavy (non-hydrogen) atoms. The van der Waals surface area contributed by atoms with Gasteiger partial charge in [0.2, 0.25) is 5.91 Å². The highest BCUT2D eigenvalue weighted by atomic mass is 16.5. The van der Waals surface area contributed by atoms with Gasteiger partial charge in [-0.2, -0.15) is 0 Å². The van der Waals surface area contributed by atoms with Crippen LogP contribution in [0.1, 0.15) is 23.9 Å². The average molecular weight is 358 g/mol. The van der Waals surface area contributed by atoms with Crippen molar-refractivity contribution in [1.29, 1.82) is 0 Å². The highest BCUT2D eigenvalue weighted by molar-refractivity contribution is 5.78. The monoisotopic (exact) mass is 358 g/mol. The summed E-state index contributed by atoms with van der Waals surface area (Å²) in [6, 6.07) is 7.85. The van der Waals surface area contributed by atoms with Gasteiger partial charge in [0.1, 0.15) is 11.6 Å². The lowest BCUT2D eigenvalue weighted by atomic mass is 10.2. The molecule has 7 heteroatoms. The smallest absolute Gasteiger partial charge is 0.236 e. The summed E-state index contributed by atoms with van der Waals surface area (Å²) in [7, 11) is 5.19.